The zero-order chi connectivity index (χ0) is 20.9. The molecule has 154 valence electrons. The van der Waals surface area contributed by atoms with E-state index in [1.54, 1.807) is 0 Å². The maximum atomic E-state index is 12.5. The number of esters is 1. The highest BCUT2D eigenvalue weighted by molar-refractivity contribution is 7.84. The summed E-state index contributed by atoms with van der Waals surface area (Å²) in [5.74, 6) is -0.0929. The topological polar surface area (TPSA) is 26.3 Å². The summed E-state index contributed by atoms with van der Waals surface area (Å²) < 4.78 is 5.36. The van der Waals surface area contributed by atoms with Crippen molar-refractivity contribution in [2.75, 3.05) is 6.61 Å². The van der Waals surface area contributed by atoms with Crippen LogP contribution in [-0.4, -0.2) is 18.2 Å². The average Bonchev–Trinajstić information content (AvgIpc) is 3.43. The SMILES string of the molecule is CCOC(=O)CC(C)[P+](c1ccccc1)([C@H](C)c1ccc[cH-]1)[C@H](C)c1ccc[cH-]1. The molecule has 0 aliphatic carbocycles. The van der Waals surface area contributed by atoms with Crippen molar-refractivity contribution in [2.45, 2.75) is 51.1 Å². The summed E-state index contributed by atoms with van der Waals surface area (Å²) in [4.78, 5) is 12.5. The zero-order valence-electron chi connectivity index (χ0n) is 17.9. The summed E-state index contributed by atoms with van der Waals surface area (Å²) in [5, 5.41) is 1.39. The Morgan fingerprint density at radius 2 is 1.45 bits per heavy atom. The molecule has 29 heavy (non-hydrogen) atoms. The number of rotatable bonds is 9. The lowest BCUT2D eigenvalue weighted by molar-refractivity contribution is -0.143. The Morgan fingerprint density at radius 1 is 0.897 bits per heavy atom. The van der Waals surface area contributed by atoms with Crippen LogP contribution in [-0.2, 0) is 9.53 Å². The van der Waals surface area contributed by atoms with Crippen LogP contribution in [0.1, 0.15) is 56.6 Å². The van der Waals surface area contributed by atoms with Crippen LogP contribution in [0.2, 0.25) is 0 Å². The third-order valence-corrected chi connectivity index (χ3v) is 12.3. The monoisotopic (exact) mass is 407 g/mol. The van der Waals surface area contributed by atoms with Crippen LogP contribution in [0.5, 0.6) is 0 Å². The molecule has 0 aliphatic rings. The molecule has 0 radical (unpaired) electrons. The molecular weight excluding hydrogens is 375 g/mol. The van der Waals surface area contributed by atoms with Crippen molar-refractivity contribution in [3.63, 3.8) is 0 Å². The smallest absolute Gasteiger partial charge is 0.309 e. The van der Waals surface area contributed by atoms with E-state index in [-0.39, 0.29) is 11.6 Å². The van der Waals surface area contributed by atoms with Crippen molar-refractivity contribution in [1.29, 1.82) is 0 Å². The van der Waals surface area contributed by atoms with Gasteiger partial charge in [0.1, 0.15) is 0 Å². The fourth-order valence-corrected chi connectivity index (χ4v) is 11.0. The molecule has 3 heteroatoms. The van der Waals surface area contributed by atoms with Gasteiger partial charge in [0.05, 0.1) is 42.6 Å². The lowest BCUT2D eigenvalue weighted by Gasteiger charge is -2.44. The number of hydrogen-bond donors (Lipinski definition) is 0. The second-order valence-corrected chi connectivity index (χ2v) is 12.4. The maximum Gasteiger partial charge on any atom is 0.309 e. The lowest BCUT2D eigenvalue weighted by atomic mass is 10.2. The Labute approximate surface area is 176 Å². The van der Waals surface area contributed by atoms with Crippen LogP contribution < -0.4 is 5.30 Å². The van der Waals surface area contributed by atoms with E-state index in [4.69, 9.17) is 4.74 Å². The van der Waals surface area contributed by atoms with Crippen molar-refractivity contribution in [3.8, 4) is 0 Å². The normalized spacial score (nSPS) is 14.9. The summed E-state index contributed by atoms with van der Waals surface area (Å²) >= 11 is 0. The van der Waals surface area contributed by atoms with Crippen molar-refractivity contribution in [1.82, 2.24) is 0 Å². The molecule has 0 saturated heterocycles. The first-order chi connectivity index (χ1) is 14.0. The van der Waals surface area contributed by atoms with Crippen LogP contribution in [0.4, 0.5) is 0 Å². The van der Waals surface area contributed by atoms with Gasteiger partial charge in [-0.25, -0.2) is 24.3 Å². The molecule has 3 aromatic rings. The van der Waals surface area contributed by atoms with Crippen molar-refractivity contribution in [2.24, 2.45) is 0 Å². The maximum absolute atomic E-state index is 12.5. The summed E-state index contributed by atoms with van der Waals surface area (Å²) in [6.45, 7) is 9.28. The van der Waals surface area contributed by atoms with E-state index >= 15 is 0 Å². The van der Waals surface area contributed by atoms with E-state index in [1.807, 2.05) is 6.92 Å². The summed E-state index contributed by atoms with van der Waals surface area (Å²) in [7, 11) is -1.88. The van der Waals surface area contributed by atoms with Crippen LogP contribution in [0, 0.1) is 0 Å². The zero-order valence-corrected chi connectivity index (χ0v) is 18.8. The van der Waals surface area contributed by atoms with Crippen molar-refractivity contribution >= 4 is 18.5 Å². The highest BCUT2D eigenvalue weighted by Gasteiger charge is 2.54. The Balaban J connectivity index is 2.19. The molecule has 2 nitrogen and oxygen atoms in total. The number of carbonyl (C=O) groups is 1. The van der Waals surface area contributed by atoms with Gasteiger partial charge in [-0.05, 0) is 39.8 Å². The van der Waals surface area contributed by atoms with Gasteiger partial charge in [0.2, 0.25) is 0 Å². The van der Waals surface area contributed by atoms with E-state index < -0.39 is 7.26 Å². The van der Waals surface area contributed by atoms with Gasteiger partial charge in [-0.3, -0.25) is 4.79 Å². The van der Waals surface area contributed by atoms with Crippen molar-refractivity contribution < 1.29 is 9.53 Å². The molecule has 0 N–H and O–H groups in total. The second-order valence-electron chi connectivity index (χ2n) is 7.82. The van der Waals surface area contributed by atoms with Gasteiger partial charge in [-0.2, -0.15) is 24.3 Å². The highest BCUT2D eigenvalue weighted by Crippen LogP contribution is 2.80. The first kappa shape index (κ1) is 21.5. The Bertz CT molecular complexity index is 825. The van der Waals surface area contributed by atoms with E-state index in [1.165, 1.54) is 16.4 Å². The molecule has 0 aliphatic heterocycles. The largest absolute Gasteiger partial charge is 0.466 e. The summed E-state index contributed by atoms with van der Waals surface area (Å²) in [6.07, 6.45) is 0.451. The highest BCUT2D eigenvalue weighted by atomic mass is 31.2. The minimum absolute atomic E-state index is 0.0929. The quantitative estimate of drug-likeness (QED) is 0.226. The Morgan fingerprint density at radius 3 is 1.90 bits per heavy atom. The van der Waals surface area contributed by atoms with Gasteiger partial charge in [-0.15, -0.1) is 11.1 Å². The number of ether oxygens (including phenoxy) is 1. The Hall–Kier alpha value is -2.18. The van der Waals surface area contributed by atoms with E-state index in [2.05, 4.69) is 99.6 Å². The van der Waals surface area contributed by atoms with Crippen LogP contribution in [0.15, 0.2) is 78.9 Å². The average molecular weight is 408 g/mol. The predicted octanol–water partition coefficient (Wildman–Crippen LogP) is 6.63. The fourth-order valence-electron chi connectivity index (χ4n) is 4.93. The van der Waals surface area contributed by atoms with Crippen LogP contribution in [0.25, 0.3) is 0 Å². The molecule has 3 atom stereocenters. The number of benzene rings is 1. The molecule has 0 fully saturated rings. The second kappa shape index (κ2) is 9.55. The molecule has 3 aromatic carbocycles. The molecule has 3 rings (SSSR count). The lowest BCUT2D eigenvalue weighted by Crippen LogP contribution is -2.31. The van der Waals surface area contributed by atoms with E-state index in [0.717, 1.165) is 0 Å². The first-order valence-corrected chi connectivity index (χ1v) is 12.5. The first-order valence-electron chi connectivity index (χ1n) is 10.5. The van der Waals surface area contributed by atoms with Crippen LogP contribution in [0.3, 0.4) is 0 Å². The molecular formula is C26H32O2P-. The van der Waals surface area contributed by atoms with Gasteiger partial charge in [-0.1, -0.05) is 18.2 Å². The van der Waals surface area contributed by atoms with Gasteiger partial charge in [0, 0.05) is 0 Å². The summed E-state index contributed by atoms with van der Waals surface area (Å²) in [6, 6.07) is 28.3. The minimum atomic E-state index is -1.88. The van der Waals surface area contributed by atoms with E-state index in [9.17, 15) is 4.79 Å². The molecule has 0 bridgehead atoms. The van der Waals surface area contributed by atoms with Crippen molar-refractivity contribution in [3.05, 3.63) is 90.0 Å². The molecule has 0 saturated carbocycles. The molecule has 1 unspecified atom stereocenters. The van der Waals surface area contributed by atoms with Crippen LogP contribution >= 0.6 is 7.26 Å². The van der Waals surface area contributed by atoms with Gasteiger partial charge in [0.15, 0.2) is 0 Å². The fraction of sp³-hybridized carbons (Fsp3) is 0.346. The van der Waals surface area contributed by atoms with E-state index in [0.29, 0.717) is 24.3 Å². The molecule has 0 spiro atoms. The molecule has 0 amide bonds. The van der Waals surface area contributed by atoms with Gasteiger partial charge in [0.25, 0.3) is 0 Å². The number of hydrogen-bond acceptors (Lipinski definition) is 2. The van der Waals surface area contributed by atoms with Gasteiger partial charge < -0.3 is 4.74 Å². The third-order valence-electron chi connectivity index (χ3n) is 6.32. The Kier molecular flexibility index (Phi) is 7.09. The standard InChI is InChI=1S/C26H32O2P/c1-5-28-26(27)19-20(2)29(25-17-7-6-8-18-25,21(3)23-13-9-10-14-23)22(4)24-15-11-12-16-24/h6-18,20-22H,5,19H2,1-4H3/q-1/t20?,21-,22-/m1/s1. The molecule has 0 aromatic heterocycles. The number of carbonyl (C=O) groups excluding carboxylic acids is 1. The van der Waals surface area contributed by atoms with Gasteiger partial charge >= 0.3 is 5.97 Å². The third kappa shape index (κ3) is 4.23. The predicted molar refractivity (Wildman–Crippen MR) is 125 cm³/mol. The minimum Gasteiger partial charge on any atom is -0.466 e. The molecule has 0 heterocycles. The summed E-state index contributed by atoms with van der Waals surface area (Å²) in [5.41, 5.74) is 3.61.